The molecule has 0 atom stereocenters. The summed E-state index contributed by atoms with van der Waals surface area (Å²) in [4.78, 5) is 19.9. The van der Waals surface area contributed by atoms with Gasteiger partial charge in [-0.3, -0.25) is 9.69 Å². The first-order valence-electron chi connectivity index (χ1n) is 10.9. The lowest BCUT2D eigenvalue weighted by Crippen LogP contribution is -2.59. The minimum atomic E-state index is 0.0554. The van der Waals surface area contributed by atoms with Crippen LogP contribution in [0.1, 0.15) is 37.8 Å². The molecule has 1 amide bonds. The first-order chi connectivity index (χ1) is 14.7. The van der Waals surface area contributed by atoms with Crippen LogP contribution in [0.4, 0.5) is 0 Å². The molecule has 2 aliphatic rings. The Morgan fingerprint density at radius 2 is 1.93 bits per heavy atom. The van der Waals surface area contributed by atoms with Gasteiger partial charge < -0.3 is 14.8 Å². The summed E-state index contributed by atoms with van der Waals surface area (Å²) < 4.78 is 10.8. The molecule has 0 radical (unpaired) electrons. The van der Waals surface area contributed by atoms with Crippen LogP contribution in [-0.4, -0.2) is 61.3 Å². The molecule has 2 fully saturated rings. The molecule has 2 aromatic rings. The van der Waals surface area contributed by atoms with Gasteiger partial charge in [0, 0.05) is 36.1 Å². The number of nitrogens with one attached hydrogen (secondary N) is 1. The summed E-state index contributed by atoms with van der Waals surface area (Å²) >= 11 is 1.57. The maximum Gasteiger partial charge on any atom is 0.226 e. The van der Waals surface area contributed by atoms with Gasteiger partial charge in [-0.2, -0.15) is 0 Å². The molecule has 1 aromatic carbocycles. The number of hydrogen-bond donors (Lipinski definition) is 1. The Kier molecular flexibility index (Phi) is 7.02. The van der Waals surface area contributed by atoms with Gasteiger partial charge in [0.15, 0.2) is 0 Å². The number of methoxy groups -OCH3 is 1. The average molecular weight is 430 g/mol. The first-order valence-corrected chi connectivity index (χ1v) is 11.7. The molecule has 1 N–H and O–H groups in total. The Bertz CT molecular complexity index is 824. The van der Waals surface area contributed by atoms with Crippen molar-refractivity contribution in [3.8, 4) is 16.3 Å². The number of morpholine rings is 1. The van der Waals surface area contributed by atoms with Crippen molar-refractivity contribution < 1.29 is 14.3 Å². The summed E-state index contributed by atoms with van der Waals surface area (Å²) in [6.45, 7) is 4.24. The highest BCUT2D eigenvalue weighted by molar-refractivity contribution is 7.13. The second kappa shape index (κ2) is 9.90. The molecule has 1 aliphatic heterocycles. The van der Waals surface area contributed by atoms with E-state index in [0.29, 0.717) is 6.42 Å². The number of amides is 1. The topological polar surface area (TPSA) is 63.7 Å². The lowest BCUT2D eigenvalue weighted by molar-refractivity contribution is -0.121. The number of carbonyl (C=O) groups is 1. The molecular formula is C23H31N3O3S. The van der Waals surface area contributed by atoms with Crippen molar-refractivity contribution in [2.45, 2.75) is 44.1 Å². The zero-order chi connectivity index (χ0) is 20.8. The van der Waals surface area contributed by atoms with E-state index in [4.69, 9.17) is 9.47 Å². The number of thiazole rings is 1. The second-order valence-electron chi connectivity index (χ2n) is 8.21. The molecule has 1 saturated heterocycles. The number of carbonyl (C=O) groups excluding carboxylic acids is 1. The van der Waals surface area contributed by atoms with Crippen molar-refractivity contribution in [1.82, 2.24) is 15.2 Å². The van der Waals surface area contributed by atoms with Crippen LogP contribution in [0.3, 0.4) is 0 Å². The van der Waals surface area contributed by atoms with Gasteiger partial charge in [-0.25, -0.2) is 4.98 Å². The van der Waals surface area contributed by atoms with E-state index in [1.165, 1.54) is 19.3 Å². The normalized spacial score (nSPS) is 19.4. The zero-order valence-electron chi connectivity index (χ0n) is 17.7. The fourth-order valence-corrected chi connectivity index (χ4v) is 5.42. The third kappa shape index (κ3) is 5.02. The highest BCUT2D eigenvalue weighted by Gasteiger charge is 2.38. The van der Waals surface area contributed by atoms with Gasteiger partial charge in [0.05, 0.1) is 32.4 Å². The van der Waals surface area contributed by atoms with E-state index in [9.17, 15) is 4.79 Å². The number of rotatable bonds is 7. The van der Waals surface area contributed by atoms with Gasteiger partial charge in [-0.1, -0.05) is 19.3 Å². The van der Waals surface area contributed by atoms with E-state index in [-0.39, 0.29) is 11.4 Å². The quantitative estimate of drug-likeness (QED) is 0.730. The molecular weight excluding hydrogens is 398 g/mol. The average Bonchev–Trinajstić information content (AvgIpc) is 3.27. The molecule has 0 spiro atoms. The number of hydrogen-bond acceptors (Lipinski definition) is 6. The minimum Gasteiger partial charge on any atom is -0.497 e. The molecule has 162 valence electrons. The number of benzene rings is 1. The standard InChI is InChI=1S/C23H31N3O3S/c1-28-20-7-5-18(6-8-20)22-25-19(16-30-22)15-21(27)24-17-23(9-3-2-4-10-23)26-11-13-29-14-12-26/h5-8,16H,2-4,9-15,17H2,1H3,(H,24,27). The van der Waals surface area contributed by atoms with Crippen LogP contribution in [0.25, 0.3) is 10.6 Å². The Labute approximate surface area is 182 Å². The number of ether oxygens (including phenoxy) is 2. The van der Waals surface area contributed by atoms with Crippen LogP contribution in [0, 0.1) is 0 Å². The Balaban J connectivity index is 1.35. The molecule has 4 rings (SSSR count). The summed E-state index contributed by atoms with van der Waals surface area (Å²) in [5.41, 5.74) is 1.96. The van der Waals surface area contributed by atoms with E-state index in [2.05, 4.69) is 15.2 Å². The van der Waals surface area contributed by atoms with E-state index < -0.39 is 0 Å². The van der Waals surface area contributed by atoms with Crippen LogP contribution >= 0.6 is 11.3 Å². The molecule has 6 nitrogen and oxygen atoms in total. The molecule has 1 saturated carbocycles. The van der Waals surface area contributed by atoms with Crippen molar-refractivity contribution in [3.63, 3.8) is 0 Å². The van der Waals surface area contributed by atoms with Crippen molar-refractivity contribution in [1.29, 1.82) is 0 Å². The van der Waals surface area contributed by atoms with Crippen LogP contribution in [-0.2, 0) is 16.0 Å². The summed E-state index contributed by atoms with van der Waals surface area (Å²) in [5, 5.41) is 6.14. The van der Waals surface area contributed by atoms with Gasteiger partial charge in [0.25, 0.3) is 0 Å². The van der Waals surface area contributed by atoms with E-state index in [0.717, 1.165) is 67.7 Å². The van der Waals surface area contributed by atoms with Crippen molar-refractivity contribution >= 4 is 17.2 Å². The summed E-state index contributed by atoms with van der Waals surface area (Å²) in [6.07, 6.45) is 6.42. The van der Waals surface area contributed by atoms with E-state index >= 15 is 0 Å². The van der Waals surface area contributed by atoms with Gasteiger partial charge in [0.1, 0.15) is 10.8 Å². The molecule has 0 bridgehead atoms. The molecule has 2 heterocycles. The number of aromatic nitrogens is 1. The number of nitrogens with zero attached hydrogens (tertiary/aromatic N) is 2. The lowest BCUT2D eigenvalue weighted by Gasteiger charge is -2.48. The smallest absolute Gasteiger partial charge is 0.226 e. The van der Waals surface area contributed by atoms with Crippen molar-refractivity contribution in [2.24, 2.45) is 0 Å². The maximum atomic E-state index is 12.7. The summed E-state index contributed by atoms with van der Waals surface area (Å²) in [7, 11) is 1.66. The van der Waals surface area contributed by atoms with Gasteiger partial charge in [-0.05, 0) is 37.1 Å². The molecule has 1 aliphatic carbocycles. The maximum absolute atomic E-state index is 12.7. The molecule has 7 heteroatoms. The largest absolute Gasteiger partial charge is 0.497 e. The Morgan fingerprint density at radius 3 is 2.63 bits per heavy atom. The van der Waals surface area contributed by atoms with Gasteiger partial charge >= 0.3 is 0 Å². The van der Waals surface area contributed by atoms with Crippen LogP contribution in [0.5, 0.6) is 5.75 Å². The molecule has 1 aromatic heterocycles. The predicted molar refractivity (Wildman–Crippen MR) is 119 cm³/mol. The minimum absolute atomic E-state index is 0.0554. The SMILES string of the molecule is COc1ccc(-c2nc(CC(=O)NCC3(N4CCOCC4)CCCCC3)cs2)cc1. The van der Waals surface area contributed by atoms with Crippen molar-refractivity contribution in [2.75, 3.05) is 40.0 Å². The predicted octanol–water partition coefficient (Wildman–Crippen LogP) is 3.51. The fourth-order valence-electron chi connectivity index (χ4n) is 4.60. The van der Waals surface area contributed by atoms with Crippen LogP contribution in [0.15, 0.2) is 29.6 Å². The highest BCUT2D eigenvalue weighted by Crippen LogP contribution is 2.34. The van der Waals surface area contributed by atoms with Crippen LogP contribution in [0.2, 0.25) is 0 Å². The molecule has 30 heavy (non-hydrogen) atoms. The van der Waals surface area contributed by atoms with Crippen molar-refractivity contribution in [3.05, 3.63) is 35.3 Å². The molecule has 0 unspecified atom stereocenters. The Morgan fingerprint density at radius 1 is 1.20 bits per heavy atom. The first kappa shape index (κ1) is 21.3. The van der Waals surface area contributed by atoms with Gasteiger partial charge in [-0.15, -0.1) is 11.3 Å². The monoisotopic (exact) mass is 429 g/mol. The zero-order valence-corrected chi connectivity index (χ0v) is 18.5. The summed E-state index contributed by atoms with van der Waals surface area (Å²) in [5.74, 6) is 0.881. The second-order valence-corrected chi connectivity index (χ2v) is 9.07. The third-order valence-corrected chi connectivity index (χ3v) is 7.25. The fraction of sp³-hybridized carbons (Fsp3) is 0.565. The Hall–Kier alpha value is -1.96. The summed E-state index contributed by atoms with van der Waals surface area (Å²) in [6, 6.07) is 7.85. The highest BCUT2D eigenvalue weighted by atomic mass is 32.1. The van der Waals surface area contributed by atoms with Gasteiger partial charge in [0.2, 0.25) is 5.91 Å². The third-order valence-electron chi connectivity index (χ3n) is 6.31. The van der Waals surface area contributed by atoms with Crippen LogP contribution < -0.4 is 10.1 Å². The lowest BCUT2D eigenvalue weighted by atomic mass is 9.79. The van der Waals surface area contributed by atoms with E-state index in [1.54, 1.807) is 18.4 Å². The van der Waals surface area contributed by atoms with E-state index in [1.807, 2.05) is 29.6 Å².